The summed E-state index contributed by atoms with van der Waals surface area (Å²) in [4.78, 5) is 4.63. The van der Waals surface area contributed by atoms with Gasteiger partial charge in [0, 0.05) is 11.4 Å². The second-order valence-electron chi connectivity index (χ2n) is 17.5. The van der Waals surface area contributed by atoms with E-state index in [0.717, 1.165) is 57.1 Å². The van der Waals surface area contributed by atoms with E-state index < -0.39 is 0 Å². The summed E-state index contributed by atoms with van der Waals surface area (Å²) in [5.74, 6) is 3.49. The maximum Gasteiger partial charge on any atom is 0.151 e. The molecule has 0 saturated heterocycles. The van der Waals surface area contributed by atoms with Crippen molar-refractivity contribution < 1.29 is 57.6 Å². The number of fused-ring (bicyclic) bond motifs is 6. The molecule has 0 bridgehead atoms. The Hall–Kier alpha value is -6.14. The Morgan fingerprint density at radius 2 is 0.706 bits per heavy atom. The molecule has 336 valence electrons. The smallest absolute Gasteiger partial charge is 0.151 e. The van der Waals surface area contributed by atoms with Gasteiger partial charge in [-0.25, -0.2) is 0 Å². The minimum atomic E-state index is 0. The van der Waals surface area contributed by atoms with Crippen LogP contribution in [0.4, 0.5) is 34.1 Å². The fraction of sp³-hybridized carbons (Fsp3) is 0.100. The monoisotopic (exact) mass is 1020 g/mol. The Morgan fingerprint density at radius 1 is 0.412 bits per heavy atom. The third-order valence-electron chi connectivity index (χ3n) is 12.0. The average molecular weight is 1020 g/mol. The molecular weight excluding hydrogens is 971 g/mol. The first kappa shape index (κ1) is 48.3. The summed E-state index contributed by atoms with van der Waals surface area (Å²) in [6.07, 6.45) is 0. The molecule has 0 amide bonds. The molecule has 2 aliphatic rings. The third-order valence-corrected chi connectivity index (χ3v) is 12.0. The van der Waals surface area contributed by atoms with Crippen LogP contribution in [-0.4, -0.2) is 5.43 Å². The summed E-state index contributed by atoms with van der Waals surface area (Å²) in [5.41, 5.74) is 16.8. The van der Waals surface area contributed by atoms with Gasteiger partial charge in [0.05, 0.1) is 22.7 Å². The van der Waals surface area contributed by atoms with Crippen LogP contribution in [-0.2, 0) is 23.3 Å². The molecule has 2 aliphatic heterocycles. The van der Waals surface area contributed by atoms with E-state index in [1.54, 1.807) is 23.3 Å². The third kappa shape index (κ3) is 9.75. The van der Waals surface area contributed by atoms with Crippen molar-refractivity contribution in [2.24, 2.45) is 0 Å². The van der Waals surface area contributed by atoms with Crippen LogP contribution in [0.3, 0.4) is 0 Å². The van der Waals surface area contributed by atoms with Gasteiger partial charge in [0.2, 0.25) is 0 Å². The minimum Gasteiger partial charge on any atom is -1.00 e. The Bertz CT molecular complexity index is 3110. The van der Waals surface area contributed by atoms with Crippen molar-refractivity contribution >= 4 is 61.1 Å². The van der Waals surface area contributed by atoms with Gasteiger partial charge in [-0.2, -0.15) is 12.1 Å². The zero-order valence-electron chi connectivity index (χ0n) is 38.9. The van der Waals surface area contributed by atoms with Gasteiger partial charge in [0.1, 0.15) is 0 Å². The van der Waals surface area contributed by atoms with Crippen LogP contribution in [0.15, 0.2) is 194 Å². The van der Waals surface area contributed by atoms with Crippen LogP contribution in [0.2, 0.25) is 13.1 Å². The van der Waals surface area contributed by atoms with E-state index in [-0.39, 0.29) is 30.2 Å². The van der Waals surface area contributed by atoms with Crippen molar-refractivity contribution in [1.82, 2.24) is 0 Å². The number of rotatable bonds is 4. The van der Waals surface area contributed by atoms with E-state index in [1.807, 2.05) is 48.5 Å². The van der Waals surface area contributed by atoms with E-state index in [4.69, 9.17) is 9.47 Å². The number of benzene rings is 8. The molecule has 0 radical (unpaired) electrons. The Morgan fingerprint density at radius 3 is 1.01 bits per heavy atom. The van der Waals surface area contributed by atoms with Gasteiger partial charge >= 0.3 is 41.9 Å². The van der Waals surface area contributed by atoms with Crippen LogP contribution in [0, 0.1) is 27.7 Å². The SMILES string of the molecule is C[Si](C)=[Zr+2].Cc1ccc(-c2cc(N3c4ccccc4Oc4ccccc43)cc3[cH-]c(C)cc23)cc1.Cc1ccc(-c2cc(N3c4ccccc4Oc4ccccc43)cc3[cH-]c(C)cc23)cc1.[Cl-].[Cl-]. The fourth-order valence-electron chi connectivity index (χ4n) is 9.08. The maximum atomic E-state index is 6.21. The molecule has 0 atom stereocenters. The van der Waals surface area contributed by atoms with Crippen molar-refractivity contribution in [2.75, 3.05) is 9.80 Å². The predicted molar refractivity (Wildman–Crippen MR) is 276 cm³/mol. The van der Waals surface area contributed by atoms with Crippen LogP contribution in [0.5, 0.6) is 23.0 Å². The molecule has 10 aromatic rings. The molecule has 0 N–H and O–H groups in total. The molecule has 0 unspecified atom stereocenters. The maximum absolute atomic E-state index is 6.21. The molecule has 0 spiro atoms. The van der Waals surface area contributed by atoms with Gasteiger partial charge in [-0.15, -0.1) is 56.9 Å². The van der Waals surface area contributed by atoms with Crippen molar-refractivity contribution in [3.05, 3.63) is 216 Å². The summed E-state index contributed by atoms with van der Waals surface area (Å²) in [6.45, 7) is 13.2. The van der Waals surface area contributed by atoms with Gasteiger partial charge in [-0.05, 0) is 85.6 Å². The fourth-order valence-corrected chi connectivity index (χ4v) is 9.08. The predicted octanol–water partition coefficient (Wildman–Crippen LogP) is 11.6. The van der Waals surface area contributed by atoms with Crippen LogP contribution in [0.1, 0.15) is 22.3 Å². The van der Waals surface area contributed by atoms with Gasteiger partial charge in [-0.1, -0.05) is 133 Å². The van der Waals surface area contributed by atoms with Gasteiger partial charge < -0.3 is 44.1 Å². The van der Waals surface area contributed by atoms with Gasteiger partial charge in [-0.3, -0.25) is 0 Å². The second-order valence-corrected chi connectivity index (χ2v) is 26.9. The Labute approximate surface area is 427 Å². The molecule has 68 heavy (non-hydrogen) atoms. The van der Waals surface area contributed by atoms with Gasteiger partial charge in [0.25, 0.3) is 0 Å². The first-order valence-corrected chi connectivity index (χ1v) is 28.7. The number of nitrogens with zero attached hydrogens (tertiary/aromatic N) is 2. The first-order valence-electron chi connectivity index (χ1n) is 22.5. The zero-order valence-corrected chi connectivity index (χ0v) is 43.9. The molecule has 4 nitrogen and oxygen atoms in total. The first-order chi connectivity index (χ1) is 32.1. The summed E-state index contributed by atoms with van der Waals surface area (Å²) in [6, 6.07) is 68.9. The molecule has 12 rings (SSSR count). The Balaban J connectivity index is 0.000000166. The summed E-state index contributed by atoms with van der Waals surface area (Å²) in [5, 5.41) is 5.10. The van der Waals surface area contributed by atoms with Gasteiger partial charge in [0.15, 0.2) is 23.0 Å². The average Bonchev–Trinajstić information content (AvgIpc) is 3.90. The molecule has 0 aliphatic carbocycles. The van der Waals surface area contributed by atoms with E-state index in [0.29, 0.717) is 0 Å². The number of aryl methyl sites for hydroxylation is 4. The molecule has 8 heteroatoms. The van der Waals surface area contributed by atoms with E-state index >= 15 is 0 Å². The van der Waals surface area contributed by atoms with Crippen LogP contribution >= 0.6 is 0 Å². The van der Waals surface area contributed by atoms with E-state index in [1.165, 1.54) is 66.1 Å². The Kier molecular flexibility index (Phi) is 14.6. The number of hydrogen-bond donors (Lipinski definition) is 0. The number of anilines is 6. The summed E-state index contributed by atoms with van der Waals surface area (Å²) in [7, 11) is 0. The topological polar surface area (TPSA) is 24.9 Å². The molecule has 0 saturated carbocycles. The molecule has 0 fully saturated rings. The largest absolute Gasteiger partial charge is 1.00 e. The molecular formula is C60H50Cl2N2O2SiZr-2. The number of hydrogen-bond acceptors (Lipinski definition) is 4. The zero-order chi connectivity index (χ0) is 45.5. The number of para-hydroxylation sites is 8. The number of halogens is 2. The van der Waals surface area contributed by atoms with E-state index in [9.17, 15) is 0 Å². The minimum absolute atomic E-state index is 0. The molecule has 2 heterocycles. The number of ether oxygens (including phenoxy) is 2. The van der Waals surface area contributed by atoms with Crippen molar-refractivity contribution in [2.45, 2.75) is 40.8 Å². The van der Waals surface area contributed by atoms with Crippen molar-refractivity contribution in [3.8, 4) is 45.3 Å². The molecule has 0 aromatic heterocycles. The quantitative estimate of drug-likeness (QED) is 0.130. The second kappa shape index (κ2) is 20.6. The van der Waals surface area contributed by atoms with E-state index in [2.05, 4.69) is 196 Å². The van der Waals surface area contributed by atoms with Crippen molar-refractivity contribution in [3.63, 3.8) is 0 Å². The van der Waals surface area contributed by atoms with Crippen LogP contribution in [0.25, 0.3) is 43.8 Å². The summed E-state index contributed by atoms with van der Waals surface area (Å²) >= 11 is 1.74. The van der Waals surface area contributed by atoms with Crippen LogP contribution < -0.4 is 44.1 Å². The standard InChI is InChI=1S/2C29H22NO.C2H6Si.2ClH.Zr/c2*1-19-11-13-21(14-12-19)25-18-23(17-22-15-20(2)16-24(22)25)30-26-7-3-5-9-28(26)31-29-10-6-4-8-27(29)30;1-3-2;;;/h2*3-18H,1-2H3;1-2H3;2*1H;/q2*-1;;;;+2/p-2. The molecule has 10 aromatic carbocycles. The van der Waals surface area contributed by atoms with Crippen molar-refractivity contribution in [1.29, 1.82) is 0 Å². The normalized spacial score (nSPS) is 11.7. The summed E-state index contributed by atoms with van der Waals surface area (Å²) < 4.78 is 12.4.